The molecule has 22 heavy (non-hydrogen) atoms. The number of ketones is 1. The first-order chi connectivity index (χ1) is 10.1. The second-order valence-corrected chi connectivity index (χ2v) is 5.51. The molecular formula is C19H18BrNO. The molecule has 0 aliphatic carbocycles. The lowest BCUT2D eigenvalue weighted by Crippen LogP contribution is -3.00. The highest BCUT2D eigenvalue weighted by molar-refractivity contribution is 6.07. The molecule has 3 heteroatoms. The summed E-state index contributed by atoms with van der Waals surface area (Å²) in [6.45, 7) is 4.47. The van der Waals surface area contributed by atoms with Gasteiger partial charge in [-0.05, 0) is 30.7 Å². The van der Waals surface area contributed by atoms with Gasteiger partial charge in [-0.1, -0.05) is 42.5 Å². The van der Waals surface area contributed by atoms with Crippen molar-refractivity contribution in [2.75, 3.05) is 0 Å². The number of aryl methyl sites for hydroxylation is 2. The van der Waals surface area contributed by atoms with Gasteiger partial charge in [0.2, 0.25) is 12.3 Å². The number of nitrogens with zero attached hydrogens (tertiary/aromatic N) is 1. The largest absolute Gasteiger partial charge is 1.00 e. The molecule has 0 spiro atoms. The molecule has 2 aromatic carbocycles. The molecule has 112 valence electrons. The molecule has 0 fully saturated rings. The van der Waals surface area contributed by atoms with Gasteiger partial charge in [0.25, 0.3) is 0 Å². The fraction of sp³-hybridized carbons (Fsp3) is 0.158. The van der Waals surface area contributed by atoms with Gasteiger partial charge in [-0.2, -0.15) is 4.57 Å². The van der Waals surface area contributed by atoms with E-state index in [1.165, 1.54) is 11.1 Å². The first-order valence-corrected chi connectivity index (χ1v) is 7.12. The van der Waals surface area contributed by atoms with E-state index >= 15 is 0 Å². The Morgan fingerprint density at radius 2 is 1.59 bits per heavy atom. The van der Waals surface area contributed by atoms with Crippen LogP contribution in [0.5, 0.6) is 0 Å². The van der Waals surface area contributed by atoms with Gasteiger partial charge < -0.3 is 17.0 Å². The highest BCUT2D eigenvalue weighted by Crippen LogP contribution is 2.18. The van der Waals surface area contributed by atoms with Crippen molar-refractivity contribution < 1.29 is 26.3 Å². The van der Waals surface area contributed by atoms with Crippen LogP contribution < -0.4 is 21.5 Å². The standard InChI is InChI=1S/C19H18NO.BrH/c1-14-10-15(2)12-20(11-14)13-19(21)18-9-5-7-16-6-3-4-8-17(16)18;/h3-12H,13H2,1-2H3;1H/q+1;/p-1. The molecular weight excluding hydrogens is 338 g/mol. The van der Waals surface area contributed by atoms with E-state index in [1.54, 1.807) is 0 Å². The van der Waals surface area contributed by atoms with E-state index < -0.39 is 0 Å². The molecule has 1 aromatic heterocycles. The van der Waals surface area contributed by atoms with Crippen LogP contribution in [-0.2, 0) is 6.54 Å². The third kappa shape index (κ3) is 3.42. The summed E-state index contributed by atoms with van der Waals surface area (Å²) < 4.78 is 1.97. The van der Waals surface area contributed by atoms with Crippen molar-refractivity contribution in [2.45, 2.75) is 20.4 Å². The highest BCUT2D eigenvalue weighted by Gasteiger charge is 2.15. The summed E-state index contributed by atoms with van der Waals surface area (Å²) in [6.07, 6.45) is 4.02. The number of Topliss-reactive ketones (excluding diaryl/α,β-unsaturated/α-hetero) is 1. The Kier molecular flexibility index (Phi) is 5.09. The van der Waals surface area contributed by atoms with Crippen LogP contribution in [0.3, 0.4) is 0 Å². The maximum absolute atomic E-state index is 12.6. The second-order valence-electron chi connectivity index (χ2n) is 5.51. The maximum Gasteiger partial charge on any atom is 0.228 e. The average Bonchev–Trinajstić information content (AvgIpc) is 2.45. The van der Waals surface area contributed by atoms with Crippen LogP contribution in [0.25, 0.3) is 10.8 Å². The number of pyridine rings is 1. The molecule has 0 aliphatic heterocycles. The van der Waals surface area contributed by atoms with E-state index in [2.05, 4.69) is 6.07 Å². The molecule has 0 saturated heterocycles. The molecule has 3 rings (SSSR count). The van der Waals surface area contributed by atoms with Gasteiger partial charge in [0.05, 0.1) is 0 Å². The minimum atomic E-state index is 0. The number of fused-ring (bicyclic) bond motifs is 1. The van der Waals surface area contributed by atoms with Gasteiger partial charge in [-0.15, -0.1) is 0 Å². The Bertz CT molecular complexity index is 801. The van der Waals surface area contributed by atoms with Crippen molar-refractivity contribution in [3.63, 3.8) is 0 Å². The zero-order chi connectivity index (χ0) is 14.8. The van der Waals surface area contributed by atoms with Crippen molar-refractivity contribution in [2.24, 2.45) is 0 Å². The number of halogens is 1. The van der Waals surface area contributed by atoms with Crippen LogP contribution in [-0.4, -0.2) is 5.78 Å². The van der Waals surface area contributed by atoms with E-state index in [9.17, 15) is 4.79 Å². The molecule has 0 unspecified atom stereocenters. The molecule has 2 nitrogen and oxygen atoms in total. The van der Waals surface area contributed by atoms with Crippen molar-refractivity contribution in [1.82, 2.24) is 0 Å². The fourth-order valence-electron chi connectivity index (χ4n) is 2.80. The summed E-state index contributed by atoms with van der Waals surface area (Å²) in [6, 6.07) is 16.0. The van der Waals surface area contributed by atoms with E-state index in [-0.39, 0.29) is 22.8 Å². The van der Waals surface area contributed by atoms with Crippen LogP contribution in [0.15, 0.2) is 60.9 Å². The van der Waals surface area contributed by atoms with Crippen LogP contribution in [0, 0.1) is 13.8 Å². The molecule has 0 amide bonds. The Balaban J connectivity index is 0.00000176. The van der Waals surface area contributed by atoms with Gasteiger partial charge in [-0.3, -0.25) is 4.79 Å². The molecule has 0 N–H and O–H groups in total. The summed E-state index contributed by atoms with van der Waals surface area (Å²) in [5, 5.41) is 2.13. The quantitative estimate of drug-likeness (QED) is 0.498. The highest BCUT2D eigenvalue weighted by atomic mass is 79.9. The number of hydrogen-bond donors (Lipinski definition) is 0. The van der Waals surface area contributed by atoms with Gasteiger partial charge >= 0.3 is 0 Å². The number of rotatable bonds is 3. The Morgan fingerprint density at radius 1 is 0.955 bits per heavy atom. The summed E-state index contributed by atoms with van der Waals surface area (Å²) in [5.41, 5.74) is 3.13. The van der Waals surface area contributed by atoms with Gasteiger partial charge in [0.15, 0.2) is 12.4 Å². The maximum atomic E-state index is 12.6. The topological polar surface area (TPSA) is 20.9 Å². The third-order valence-corrected chi connectivity index (χ3v) is 3.61. The minimum Gasteiger partial charge on any atom is -1.00 e. The molecule has 0 bridgehead atoms. The third-order valence-electron chi connectivity index (χ3n) is 3.61. The summed E-state index contributed by atoms with van der Waals surface area (Å²) in [7, 11) is 0. The number of hydrogen-bond acceptors (Lipinski definition) is 1. The molecule has 0 saturated carbocycles. The first kappa shape index (κ1) is 16.4. The van der Waals surface area contributed by atoms with Gasteiger partial charge in [0.1, 0.15) is 0 Å². The van der Waals surface area contributed by atoms with Crippen molar-refractivity contribution in [3.05, 3.63) is 77.6 Å². The lowest BCUT2D eigenvalue weighted by Gasteiger charge is -2.04. The second kappa shape index (κ2) is 6.84. The van der Waals surface area contributed by atoms with E-state index in [0.29, 0.717) is 6.54 Å². The van der Waals surface area contributed by atoms with Crippen LogP contribution in [0.1, 0.15) is 21.5 Å². The van der Waals surface area contributed by atoms with Crippen LogP contribution in [0.2, 0.25) is 0 Å². The molecule has 3 aromatic rings. The molecule has 1 heterocycles. The lowest BCUT2D eigenvalue weighted by molar-refractivity contribution is -0.683. The predicted molar refractivity (Wildman–Crippen MR) is 84.4 cm³/mol. The van der Waals surface area contributed by atoms with Crippen molar-refractivity contribution in [1.29, 1.82) is 0 Å². The first-order valence-electron chi connectivity index (χ1n) is 7.12. The van der Waals surface area contributed by atoms with Crippen molar-refractivity contribution >= 4 is 16.6 Å². The Morgan fingerprint density at radius 3 is 2.32 bits per heavy atom. The smallest absolute Gasteiger partial charge is 0.228 e. The SMILES string of the molecule is Cc1cc(C)c[n+](CC(=O)c2cccc3ccccc23)c1.[Br-]. The molecule has 0 aliphatic rings. The molecule has 0 radical (unpaired) electrons. The Hall–Kier alpha value is -2.00. The fourth-order valence-corrected chi connectivity index (χ4v) is 2.80. The number of carbonyl (C=O) groups excluding carboxylic acids is 1. The van der Waals surface area contributed by atoms with E-state index in [4.69, 9.17) is 0 Å². The average molecular weight is 356 g/mol. The number of aromatic nitrogens is 1. The Labute approximate surface area is 141 Å². The van der Waals surface area contributed by atoms with E-state index in [0.717, 1.165) is 16.3 Å². The van der Waals surface area contributed by atoms with E-state index in [1.807, 2.05) is 73.3 Å². The van der Waals surface area contributed by atoms with Crippen molar-refractivity contribution in [3.8, 4) is 0 Å². The predicted octanol–water partition coefficient (Wildman–Crippen LogP) is 0.631. The lowest BCUT2D eigenvalue weighted by atomic mass is 10.0. The van der Waals surface area contributed by atoms with Crippen LogP contribution in [0.4, 0.5) is 0 Å². The zero-order valence-corrected chi connectivity index (χ0v) is 14.3. The summed E-state index contributed by atoms with van der Waals surface area (Å²) in [5.74, 6) is 0.141. The normalized spacial score (nSPS) is 10.3. The zero-order valence-electron chi connectivity index (χ0n) is 12.7. The van der Waals surface area contributed by atoms with Crippen LogP contribution >= 0.6 is 0 Å². The number of carbonyl (C=O) groups is 1. The monoisotopic (exact) mass is 355 g/mol. The summed E-state index contributed by atoms with van der Waals surface area (Å²) in [4.78, 5) is 12.6. The minimum absolute atomic E-state index is 0. The van der Waals surface area contributed by atoms with Gasteiger partial charge in [-0.25, -0.2) is 0 Å². The summed E-state index contributed by atoms with van der Waals surface area (Å²) >= 11 is 0. The van der Waals surface area contributed by atoms with Gasteiger partial charge in [0, 0.05) is 16.7 Å². The number of benzene rings is 2. The molecule has 0 atom stereocenters.